The molecule has 0 aromatic heterocycles. The van der Waals surface area contributed by atoms with Crippen LogP contribution in [0.1, 0.15) is 5.56 Å². The zero-order valence-corrected chi connectivity index (χ0v) is 17.6. The van der Waals surface area contributed by atoms with Gasteiger partial charge in [0.1, 0.15) is 11.5 Å². The van der Waals surface area contributed by atoms with Gasteiger partial charge in [0.15, 0.2) is 0 Å². The summed E-state index contributed by atoms with van der Waals surface area (Å²) in [5.41, 5.74) is 1.31. The standard InChI is InChI=1S/C17H21NO2S.C4H4O4/c1-18(2)12-13-7-5-6-8-16(13)21-17-10-9-14(19-3)11-15(17)20-4;5-3(6)1-2-4(7)8/h5-11H,12H2,1-4H3;1-2H,(H,5,6)(H,7,8)/b;2-1+. The summed E-state index contributed by atoms with van der Waals surface area (Å²) in [7, 11) is 7.50. The Morgan fingerprint density at radius 1 is 0.966 bits per heavy atom. The summed E-state index contributed by atoms with van der Waals surface area (Å²) >= 11 is 1.72. The molecule has 0 saturated heterocycles. The highest BCUT2D eigenvalue weighted by Crippen LogP contribution is 2.38. The van der Waals surface area contributed by atoms with Crippen LogP contribution >= 0.6 is 11.8 Å². The summed E-state index contributed by atoms with van der Waals surface area (Å²) in [6, 6.07) is 14.4. The van der Waals surface area contributed by atoms with Gasteiger partial charge in [0.05, 0.1) is 19.1 Å². The van der Waals surface area contributed by atoms with E-state index in [9.17, 15) is 9.59 Å². The number of hydrogen-bond donors (Lipinski definition) is 2. The Kier molecular flexibility index (Phi) is 10.4. The lowest BCUT2D eigenvalue weighted by atomic mass is 10.2. The van der Waals surface area contributed by atoms with Crippen molar-refractivity contribution in [3.8, 4) is 11.5 Å². The van der Waals surface area contributed by atoms with Crippen LogP contribution in [-0.4, -0.2) is 55.4 Å². The smallest absolute Gasteiger partial charge is 0.328 e. The third-order valence-corrected chi connectivity index (χ3v) is 4.59. The van der Waals surface area contributed by atoms with Crippen molar-refractivity contribution >= 4 is 23.7 Å². The second-order valence-corrected chi connectivity index (χ2v) is 7.06. The monoisotopic (exact) mass is 419 g/mol. The first-order valence-corrected chi connectivity index (χ1v) is 9.35. The molecule has 0 atom stereocenters. The van der Waals surface area contributed by atoms with E-state index in [1.165, 1.54) is 10.5 Å². The van der Waals surface area contributed by atoms with Crippen LogP contribution in [0.5, 0.6) is 11.5 Å². The molecule has 0 aliphatic heterocycles. The van der Waals surface area contributed by atoms with Gasteiger partial charge in [-0.2, -0.15) is 0 Å². The van der Waals surface area contributed by atoms with Crippen molar-refractivity contribution in [1.29, 1.82) is 0 Å². The molecule has 0 amide bonds. The van der Waals surface area contributed by atoms with Gasteiger partial charge >= 0.3 is 11.9 Å². The van der Waals surface area contributed by atoms with Crippen LogP contribution in [0.25, 0.3) is 0 Å². The topological polar surface area (TPSA) is 96.3 Å². The fourth-order valence-electron chi connectivity index (χ4n) is 2.19. The van der Waals surface area contributed by atoms with Crippen LogP contribution in [0.3, 0.4) is 0 Å². The predicted molar refractivity (Wildman–Crippen MR) is 112 cm³/mol. The Morgan fingerprint density at radius 3 is 2.10 bits per heavy atom. The lowest BCUT2D eigenvalue weighted by molar-refractivity contribution is -0.134. The molecular weight excluding hydrogens is 394 g/mol. The first-order chi connectivity index (χ1) is 13.8. The SMILES string of the molecule is COc1ccc(Sc2ccccc2CN(C)C)c(OC)c1.O=C(O)/C=C/C(=O)O. The molecule has 2 aromatic rings. The Bertz CT molecular complexity index is 835. The molecule has 0 radical (unpaired) electrons. The summed E-state index contributed by atoms with van der Waals surface area (Å²) < 4.78 is 10.7. The second kappa shape index (κ2) is 12.5. The number of carboxylic acids is 2. The van der Waals surface area contributed by atoms with Gasteiger partial charge in [0.2, 0.25) is 0 Å². The van der Waals surface area contributed by atoms with Crippen molar-refractivity contribution in [3.05, 3.63) is 60.2 Å². The third kappa shape index (κ3) is 9.18. The zero-order valence-electron chi connectivity index (χ0n) is 16.8. The maximum Gasteiger partial charge on any atom is 0.328 e. The average molecular weight is 419 g/mol. The molecule has 0 aliphatic rings. The molecule has 0 aliphatic carbocycles. The number of aliphatic carboxylic acids is 2. The largest absolute Gasteiger partial charge is 0.497 e. The Balaban J connectivity index is 0.000000447. The molecule has 0 unspecified atom stereocenters. The van der Waals surface area contributed by atoms with Crippen LogP contribution in [-0.2, 0) is 16.1 Å². The summed E-state index contributed by atoms with van der Waals surface area (Å²) in [6.45, 7) is 0.918. The van der Waals surface area contributed by atoms with Gasteiger partial charge in [-0.05, 0) is 37.9 Å². The average Bonchev–Trinajstić information content (AvgIpc) is 2.68. The first-order valence-electron chi connectivity index (χ1n) is 8.53. The molecule has 0 saturated carbocycles. The van der Waals surface area contributed by atoms with Gasteiger partial charge in [-0.15, -0.1) is 0 Å². The van der Waals surface area contributed by atoms with Crippen molar-refractivity contribution < 1.29 is 29.3 Å². The van der Waals surface area contributed by atoms with E-state index in [1.807, 2.05) is 18.2 Å². The second-order valence-electron chi connectivity index (χ2n) is 5.97. The van der Waals surface area contributed by atoms with Crippen LogP contribution < -0.4 is 9.47 Å². The maximum absolute atomic E-state index is 9.55. The van der Waals surface area contributed by atoms with E-state index in [1.54, 1.807) is 26.0 Å². The minimum Gasteiger partial charge on any atom is -0.497 e. The summed E-state index contributed by atoms with van der Waals surface area (Å²) in [4.78, 5) is 23.6. The third-order valence-electron chi connectivity index (χ3n) is 3.42. The first kappa shape index (κ1) is 24.1. The van der Waals surface area contributed by atoms with Crippen LogP contribution in [0.4, 0.5) is 0 Å². The highest BCUT2D eigenvalue weighted by Gasteiger charge is 2.10. The van der Waals surface area contributed by atoms with Crippen molar-refractivity contribution in [2.45, 2.75) is 16.3 Å². The van der Waals surface area contributed by atoms with Gasteiger partial charge in [0, 0.05) is 29.7 Å². The Hall–Kier alpha value is -2.97. The van der Waals surface area contributed by atoms with E-state index < -0.39 is 11.9 Å². The van der Waals surface area contributed by atoms with Crippen molar-refractivity contribution in [2.75, 3.05) is 28.3 Å². The molecule has 2 aromatic carbocycles. The van der Waals surface area contributed by atoms with Crippen molar-refractivity contribution in [2.24, 2.45) is 0 Å². The molecular formula is C21H25NO6S. The zero-order chi connectivity index (χ0) is 21.8. The predicted octanol–water partition coefficient (Wildman–Crippen LogP) is 3.63. The van der Waals surface area contributed by atoms with Crippen LogP contribution in [0.15, 0.2) is 64.4 Å². The van der Waals surface area contributed by atoms with E-state index in [0.29, 0.717) is 12.2 Å². The van der Waals surface area contributed by atoms with Crippen molar-refractivity contribution in [1.82, 2.24) is 4.90 Å². The summed E-state index contributed by atoms with van der Waals surface area (Å²) in [5, 5.41) is 15.6. The molecule has 156 valence electrons. The van der Waals surface area contributed by atoms with Gasteiger partial charge in [-0.1, -0.05) is 30.0 Å². The summed E-state index contributed by atoms with van der Waals surface area (Å²) in [5.74, 6) is -0.878. The Labute approximate surface area is 174 Å². The van der Waals surface area contributed by atoms with Crippen LogP contribution in [0.2, 0.25) is 0 Å². The maximum atomic E-state index is 9.55. The minimum absolute atomic E-state index is 0.558. The van der Waals surface area contributed by atoms with E-state index >= 15 is 0 Å². The van der Waals surface area contributed by atoms with E-state index in [2.05, 4.69) is 43.3 Å². The normalized spacial score (nSPS) is 10.4. The molecule has 0 heterocycles. The molecule has 2 rings (SSSR count). The minimum atomic E-state index is -1.26. The van der Waals surface area contributed by atoms with E-state index in [0.717, 1.165) is 22.9 Å². The molecule has 7 nitrogen and oxygen atoms in total. The van der Waals surface area contributed by atoms with E-state index in [-0.39, 0.29) is 0 Å². The molecule has 8 heteroatoms. The van der Waals surface area contributed by atoms with Gasteiger partial charge in [0.25, 0.3) is 0 Å². The van der Waals surface area contributed by atoms with Crippen LogP contribution in [0, 0.1) is 0 Å². The molecule has 0 bridgehead atoms. The molecule has 2 N–H and O–H groups in total. The fourth-order valence-corrected chi connectivity index (χ4v) is 3.22. The highest BCUT2D eigenvalue weighted by atomic mass is 32.2. The summed E-state index contributed by atoms with van der Waals surface area (Å²) in [6.07, 6.45) is 1.12. The van der Waals surface area contributed by atoms with E-state index in [4.69, 9.17) is 19.7 Å². The highest BCUT2D eigenvalue weighted by molar-refractivity contribution is 7.99. The fraction of sp³-hybridized carbons (Fsp3) is 0.238. The number of benzene rings is 2. The molecule has 0 fully saturated rings. The Morgan fingerprint density at radius 2 is 1.59 bits per heavy atom. The number of ether oxygens (including phenoxy) is 2. The number of carboxylic acid groups (broad SMARTS) is 2. The molecule has 29 heavy (non-hydrogen) atoms. The van der Waals surface area contributed by atoms with Gasteiger partial charge in [-0.3, -0.25) is 0 Å². The lowest BCUT2D eigenvalue weighted by Crippen LogP contribution is -2.11. The number of hydrogen-bond acceptors (Lipinski definition) is 6. The van der Waals surface area contributed by atoms with Crippen molar-refractivity contribution in [3.63, 3.8) is 0 Å². The number of nitrogens with zero attached hydrogens (tertiary/aromatic N) is 1. The lowest BCUT2D eigenvalue weighted by Gasteiger charge is -2.15. The quantitative estimate of drug-likeness (QED) is 0.626. The van der Waals surface area contributed by atoms with Gasteiger partial charge in [-0.25, -0.2) is 9.59 Å². The molecule has 0 spiro atoms. The number of carbonyl (C=O) groups is 2. The number of rotatable bonds is 8. The van der Waals surface area contributed by atoms with Gasteiger partial charge < -0.3 is 24.6 Å². The number of methoxy groups -OCH3 is 2.